The number of Topliss-reactive ketones (excluding diaryl/α,β-unsaturated/α-hetero) is 1. The van der Waals surface area contributed by atoms with Gasteiger partial charge in [-0.25, -0.2) is 0 Å². The molecule has 2 atom stereocenters. The topological polar surface area (TPSA) is 20.3 Å². The maximum Gasteiger partial charge on any atom is 0.163 e. The summed E-state index contributed by atoms with van der Waals surface area (Å²) in [5.74, 6) is 0.331. The van der Waals surface area contributed by atoms with E-state index in [1.165, 1.54) is 0 Å². The summed E-state index contributed by atoms with van der Waals surface area (Å²) in [6.45, 7) is 3.90. The van der Waals surface area contributed by atoms with E-state index in [9.17, 15) is 4.79 Å². The Kier molecular flexibility index (Phi) is 2.82. The lowest BCUT2D eigenvalue weighted by atomic mass is 10.0. The van der Waals surface area contributed by atoms with Crippen molar-refractivity contribution in [3.05, 3.63) is 42.0 Å². The zero-order valence-corrected chi connectivity index (χ0v) is 9.97. The van der Waals surface area contributed by atoms with Gasteiger partial charge in [0.05, 0.1) is 6.04 Å². The largest absolute Gasteiger partial charge is 0.367 e. The second-order valence-electron chi connectivity index (χ2n) is 4.44. The van der Waals surface area contributed by atoms with Gasteiger partial charge in [-0.3, -0.25) is 4.79 Å². The van der Waals surface area contributed by atoms with Crippen LogP contribution in [0.1, 0.15) is 13.8 Å². The summed E-state index contributed by atoms with van der Waals surface area (Å²) < 4.78 is 0. The second kappa shape index (κ2) is 4.12. The van der Waals surface area contributed by atoms with Crippen LogP contribution in [0.15, 0.2) is 42.0 Å². The molecule has 0 fully saturated rings. The number of anilines is 1. The van der Waals surface area contributed by atoms with Crippen molar-refractivity contribution >= 4 is 11.5 Å². The first kappa shape index (κ1) is 10.9. The highest BCUT2D eigenvalue weighted by molar-refractivity contribution is 6.00. The zero-order valence-electron chi connectivity index (χ0n) is 9.97. The van der Waals surface area contributed by atoms with E-state index in [0.717, 1.165) is 11.3 Å². The highest BCUT2D eigenvalue weighted by atomic mass is 16.1. The maximum absolute atomic E-state index is 11.8. The van der Waals surface area contributed by atoms with Gasteiger partial charge >= 0.3 is 0 Å². The summed E-state index contributed by atoms with van der Waals surface area (Å²) in [5.41, 5.74) is 2.04. The fourth-order valence-electron chi connectivity index (χ4n) is 2.28. The first-order valence-electron chi connectivity index (χ1n) is 5.62. The Balaban J connectivity index is 2.24. The summed E-state index contributed by atoms with van der Waals surface area (Å²) in [6.07, 6.45) is 2.07. The molecule has 2 rings (SSSR count). The van der Waals surface area contributed by atoms with E-state index >= 15 is 0 Å². The molecule has 1 aromatic rings. The molecular weight excluding hydrogens is 198 g/mol. The van der Waals surface area contributed by atoms with Crippen molar-refractivity contribution < 1.29 is 4.79 Å². The molecule has 0 radical (unpaired) electrons. The standard InChI is InChI=1S/C14H17NO/c1-10-9-13(11(2)14(10)16)15(3)12-7-5-4-6-8-12/h4-9,11,13H,1-3H3/t11-,13+/m0/s1. The summed E-state index contributed by atoms with van der Waals surface area (Å²) >= 11 is 0. The van der Waals surface area contributed by atoms with E-state index in [2.05, 4.69) is 23.1 Å². The van der Waals surface area contributed by atoms with Crippen molar-refractivity contribution in [3.63, 3.8) is 0 Å². The van der Waals surface area contributed by atoms with Gasteiger partial charge in [0, 0.05) is 18.7 Å². The molecule has 84 valence electrons. The Labute approximate surface area is 96.6 Å². The van der Waals surface area contributed by atoms with Crippen LogP contribution < -0.4 is 4.90 Å². The van der Waals surface area contributed by atoms with Gasteiger partial charge in [0.1, 0.15) is 0 Å². The molecule has 0 spiro atoms. The molecule has 0 bridgehead atoms. The number of para-hydroxylation sites is 1. The van der Waals surface area contributed by atoms with E-state index < -0.39 is 0 Å². The number of carbonyl (C=O) groups is 1. The minimum atomic E-state index is 0.0604. The van der Waals surface area contributed by atoms with Gasteiger partial charge in [-0.05, 0) is 24.6 Å². The van der Waals surface area contributed by atoms with Crippen LogP contribution in [0.25, 0.3) is 0 Å². The van der Waals surface area contributed by atoms with Crippen LogP contribution in [0.2, 0.25) is 0 Å². The van der Waals surface area contributed by atoms with E-state index in [-0.39, 0.29) is 17.7 Å². The summed E-state index contributed by atoms with van der Waals surface area (Å²) in [5, 5.41) is 0. The smallest absolute Gasteiger partial charge is 0.163 e. The third kappa shape index (κ3) is 1.75. The molecule has 0 saturated carbocycles. The Bertz CT molecular complexity index is 422. The Morgan fingerprint density at radius 2 is 1.81 bits per heavy atom. The molecule has 0 aromatic heterocycles. The molecule has 2 heteroatoms. The zero-order chi connectivity index (χ0) is 11.7. The van der Waals surface area contributed by atoms with Gasteiger partial charge in [-0.1, -0.05) is 31.2 Å². The van der Waals surface area contributed by atoms with E-state index in [4.69, 9.17) is 0 Å². The van der Waals surface area contributed by atoms with Crippen molar-refractivity contribution in [1.29, 1.82) is 0 Å². The molecule has 2 nitrogen and oxygen atoms in total. The third-order valence-electron chi connectivity index (χ3n) is 3.35. The van der Waals surface area contributed by atoms with Gasteiger partial charge in [0.15, 0.2) is 5.78 Å². The molecule has 0 saturated heterocycles. The first-order chi connectivity index (χ1) is 7.61. The predicted molar refractivity (Wildman–Crippen MR) is 66.6 cm³/mol. The van der Waals surface area contributed by atoms with Crippen molar-refractivity contribution in [3.8, 4) is 0 Å². The lowest BCUT2D eigenvalue weighted by Crippen LogP contribution is -2.35. The van der Waals surface area contributed by atoms with Crippen LogP contribution in [0.4, 0.5) is 5.69 Å². The average Bonchev–Trinajstić information content (AvgIpc) is 2.57. The fraction of sp³-hybridized carbons (Fsp3) is 0.357. The van der Waals surface area contributed by atoms with E-state index in [0.29, 0.717) is 0 Å². The van der Waals surface area contributed by atoms with Crippen LogP contribution in [-0.4, -0.2) is 18.9 Å². The number of rotatable bonds is 2. The molecule has 1 aliphatic carbocycles. The first-order valence-corrected chi connectivity index (χ1v) is 5.62. The van der Waals surface area contributed by atoms with E-state index in [1.54, 1.807) is 0 Å². The van der Waals surface area contributed by atoms with Crippen LogP contribution in [0.3, 0.4) is 0 Å². The minimum Gasteiger partial charge on any atom is -0.367 e. The lowest BCUT2D eigenvalue weighted by molar-refractivity contribution is -0.118. The third-order valence-corrected chi connectivity index (χ3v) is 3.35. The molecule has 0 unspecified atom stereocenters. The Hall–Kier alpha value is -1.57. The van der Waals surface area contributed by atoms with Gasteiger partial charge in [0.2, 0.25) is 0 Å². The summed E-state index contributed by atoms with van der Waals surface area (Å²) in [4.78, 5) is 13.9. The van der Waals surface area contributed by atoms with Crippen molar-refractivity contribution in [2.24, 2.45) is 5.92 Å². The molecule has 0 heterocycles. The SMILES string of the molecule is CC1=C[C@@H](N(C)c2ccccc2)[C@H](C)C1=O. The molecule has 16 heavy (non-hydrogen) atoms. The number of benzene rings is 1. The van der Waals surface area contributed by atoms with Gasteiger partial charge in [0.25, 0.3) is 0 Å². The maximum atomic E-state index is 11.8. The molecule has 0 amide bonds. The molecule has 0 aliphatic heterocycles. The summed E-state index contributed by atoms with van der Waals surface area (Å²) in [7, 11) is 2.04. The number of hydrogen-bond acceptors (Lipinski definition) is 2. The lowest BCUT2D eigenvalue weighted by Gasteiger charge is -2.28. The van der Waals surface area contributed by atoms with Gasteiger partial charge < -0.3 is 4.90 Å². The number of likely N-dealkylation sites (N-methyl/N-ethyl adjacent to an activating group) is 1. The second-order valence-corrected chi connectivity index (χ2v) is 4.44. The van der Waals surface area contributed by atoms with Crippen LogP contribution in [0, 0.1) is 5.92 Å². The van der Waals surface area contributed by atoms with Crippen molar-refractivity contribution in [2.75, 3.05) is 11.9 Å². The van der Waals surface area contributed by atoms with Crippen molar-refractivity contribution in [1.82, 2.24) is 0 Å². The molecule has 1 aliphatic rings. The molecule has 1 aromatic carbocycles. The van der Waals surface area contributed by atoms with E-state index in [1.807, 2.05) is 39.1 Å². The fourth-order valence-corrected chi connectivity index (χ4v) is 2.28. The highest BCUT2D eigenvalue weighted by Crippen LogP contribution is 2.28. The predicted octanol–water partition coefficient (Wildman–Crippen LogP) is 2.66. The molecular formula is C14H17NO. The monoisotopic (exact) mass is 215 g/mol. The minimum absolute atomic E-state index is 0.0604. The quantitative estimate of drug-likeness (QED) is 0.756. The number of allylic oxidation sites excluding steroid dienone is 1. The normalized spacial score (nSPS) is 24.4. The number of nitrogens with zero attached hydrogens (tertiary/aromatic N) is 1. The Morgan fingerprint density at radius 3 is 2.31 bits per heavy atom. The van der Waals surface area contributed by atoms with Gasteiger partial charge in [-0.2, -0.15) is 0 Å². The molecule has 0 N–H and O–H groups in total. The number of ketones is 1. The number of hydrogen-bond donors (Lipinski definition) is 0. The van der Waals surface area contributed by atoms with Crippen LogP contribution in [0.5, 0.6) is 0 Å². The van der Waals surface area contributed by atoms with Crippen LogP contribution >= 0.6 is 0 Å². The average molecular weight is 215 g/mol. The summed E-state index contributed by atoms with van der Waals surface area (Å²) in [6, 6.07) is 10.4. The highest BCUT2D eigenvalue weighted by Gasteiger charge is 2.32. The van der Waals surface area contributed by atoms with Crippen LogP contribution in [-0.2, 0) is 4.79 Å². The number of carbonyl (C=O) groups excluding carboxylic acids is 1. The van der Waals surface area contributed by atoms with Crippen molar-refractivity contribution in [2.45, 2.75) is 19.9 Å². The van der Waals surface area contributed by atoms with Gasteiger partial charge in [-0.15, -0.1) is 0 Å². The Morgan fingerprint density at radius 1 is 1.19 bits per heavy atom.